The van der Waals surface area contributed by atoms with Crippen molar-refractivity contribution in [3.63, 3.8) is 0 Å². The van der Waals surface area contributed by atoms with E-state index in [0.717, 1.165) is 9.35 Å². The molecule has 0 N–H and O–H groups in total. The summed E-state index contributed by atoms with van der Waals surface area (Å²) >= 11 is 16.3. The van der Waals surface area contributed by atoms with Crippen molar-refractivity contribution in [3.8, 4) is 10.9 Å². The Morgan fingerprint density at radius 1 is 1.44 bits per heavy atom. The molecule has 1 heterocycles. The van der Waals surface area contributed by atoms with Crippen molar-refractivity contribution in [2.45, 2.75) is 5.88 Å². The smallest absolute Gasteiger partial charge is 0.280 e. The van der Waals surface area contributed by atoms with Crippen LogP contribution in [0.1, 0.15) is 4.88 Å². The Morgan fingerprint density at radius 2 is 2.25 bits per heavy atom. The Morgan fingerprint density at radius 3 is 2.88 bits per heavy atom. The monoisotopic (exact) mass is 337 g/mol. The number of thiazole rings is 1. The first-order valence-corrected chi connectivity index (χ1v) is 6.86. The van der Waals surface area contributed by atoms with E-state index in [9.17, 15) is 0 Å². The van der Waals surface area contributed by atoms with Gasteiger partial charge in [0.15, 0.2) is 0 Å². The van der Waals surface area contributed by atoms with E-state index in [1.807, 2.05) is 24.3 Å². The van der Waals surface area contributed by atoms with Crippen LogP contribution in [0, 0.1) is 0 Å². The molecule has 0 amide bonds. The molecule has 1 aromatic heterocycles. The van der Waals surface area contributed by atoms with Gasteiger partial charge in [0, 0.05) is 4.47 Å². The zero-order valence-electron chi connectivity index (χ0n) is 7.91. The molecule has 6 heteroatoms. The van der Waals surface area contributed by atoms with Gasteiger partial charge in [-0.1, -0.05) is 44.9 Å². The molecule has 0 spiro atoms. The van der Waals surface area contributed by atoms with Gasteiger partial charge in [-0.2, -0.15) is 4.98 Å². The molecule has 0 aliphatic rings. The lowest BCUT2D eigenvalue weighted by molar-refractivity contribution is 0.478. The van der Waals surface area contributed by atoms with E-state index in [2.05, 4.69) is 20.9 Å². The molecular formula is C10H6BrCl2NOS. The lowest BCUT2D eigenvalue weighted by Crippen LogP contribution is -1.82. The maximum Gasteiger partial charge on any atom is 0.280 e. The number of hydrogen-bond acceptors (Lipinski definition) is 3. The first-order valence-electron chi connectivity index (χ1n) is 4.33. The van der Waals surface area contributed by atoms with Crippen molar-refractivity contribution in [2.24, 2.45) is 0 Å². The molecule has 0 fully saturated rings. The van der Waals surface area contributed by atoms with Crippen molar-refractivity contribution in [3.05, 3.63) is 38.8 Å². The summed E-state index contributed by atoms with van der Waals surface area (Å²) in [6.45, 7) is 0. The van der Waals surface area contributed by atoms with Crippen molar-refractivity contribution >= 4 is 50.5 Å². The van der Waals surface area contributed by atoms with Gasteiger partial charge < -0.3 is 4.74 Å². The molecule has 84 valence electrons. The van der Waals surface area contributed by atoms with Crippen LogP contribution in [0.15, 0.2) is 28.7 Å². The molecule has 0 radical (unpaired) electrons. The SMILES string of the molecule is ClCc1sc(Oc2cccc(Br)c2)nc1Cl. The van der Waals surface area contributed by atoms with Crippen LogP contribution in [0.25, 0.3) is 0 Å². The molecule has 2 aromatic rings. The fourth-order valence-electron chi connectivity index (χ4n) is 1.07. The number of benzene rings is 1. The largest absolute Gasteiger partial charge is 0.431 e. The molecular weight excluding hydrogens is 333 g/mol. The molecule has 0 bridgehead atoms. The number of alkyl halides is 1. The molecule has 0 unspecified atom stereocenters. The molecule has 0 atom stereocenters. The van der Waals surface area contributed by atoms with Crippen molar-refractivity contribution in [1.29, 1.82) is 0 Å². The van der Waals surface area contributed by atoms with Gasteiger partial charge >= 0.3 is 0 Å². The van der Waals surface area contributed by atoms with Crippen molar-refractivity contribution in [2.75, 3.05) is 0 Å². The Labute approximate surface area is 115 Å². The Hall–Kier alpha value is -0.290. The van der Waals surface area contributed by atoms with Crippen LogP contribution >= 0.6 is 50.5 Å². The van der Waals surface area contributed by atoms with Crippen LogP contribution in [-0.4, -0.2) is 4.98 Å². The number of rotatable bonds is 3. The summed E-state index contributed by atoms with van der Waals surface area (Å²) in [6, 6.07) is 7.51. The minimum atomic E-state index is 0.346. The van der Waals surface area contributed by atoms with E-state index < -0.39 is 0 Å². The van der Waals surface area contributed by atoms with Gasteiger partial charge in [-0.05, 0) is 18.2 Å². The highest BCUT2D eigenvalue weighted by Crippen LogP contribution is 2.33. The van der Waals surface area contributed by atoms with E-state index in [1.165, 1.54) is 11.3 Å². The van der Waals surface area contributed by atoms with Crippen molar-refractivity contribution < 1.29 is 4.74 Å². The molecule has 0 saturated heterocycles. The normalized spacial score (nSPS) is 10.4. The lowest BCUT2D eigenvalue weighted by atomic mass is 10.3. The summed E-state index contributed by atoms with van der Waals surface area (Å²) in [4.78, 5) is 4.88. The summed E-state index contributed by atoms with van der Waals surface area (Å²) in [7, 11) is 0. The quantitative estimate of drug-likeness (QED) is 0.727. The van der Waals surface area contributed by atoms with E-state index in [4.69, 9.17) is 27.9 Å². The minimum absolute atomic E-state index is 0.346. The van der Waals surface area contributed by atoms with Crippen LogP contribution in [0.2, 0.25) is 5.15 Å². The van der Waals surface area contributed by atoms with Gasteiger partial charge in [0.2, 0.25) is 0 Å². The summed E-state index contributed by atoms with van der Waals surface area (Å²) < 4.78 is 6.51. The third kappa shape index (κ3) is 2.88. The molecule has 0 aliphatic heterocycles. The number of ether oxygens (including phenoxy) is 1. The molecule has 2 nitrogen and oxygen atoms in total. The van der Waals surface area contributed by atoms with Crippen LogP contribution < -0.4 is 4.74 Å². The molecule has 0 aliphatic carbocycles. The fourth-order valence-corrected chi connectivity index (χ4v) is 2.79. The number of halogens is 3. The van der Waals surface area contributed by atoms with Gasteiger partial charge in [-0.15, -0.1) is 11.6 Å². The first-order chi connectivity index (χ1) is 7.69. The predicted molar refractivity (Wildman–Crippen MR) is 70.9 cm³/mol. The second kappa shape index (κ2) is 5.36. The second-order valence-corrected chi connectivity index (χ2v) is 5.47. The molecule has 0 saturated carbocycles. The molecule has 2 rings (SSSR count). The number of nitrogens with zero attached hydrogens (tertiary/aromatic N) is 1. The topological polar surface area (TPSA) is 22.1 Å². The summed E-state index contributed by atoms with van der Waals surface area (Å²) in [5, 5.41) is 0.906. The Balaban J connectivity index is 2.20. The third-order valence-electron chi connectivity index (χ3n) is 1.75. The zero-order chi connectivity index (χ0) is 11.5. The standard InChI is InChI=1S/C10H6BrCl2NOS/c11-6-2-1-3-7(4-6)15-10-14-9(13)8(5-12)16-10/h1-4H,5H2. The fraction of sp³-hybridized carbons (Fsp3) is 0.100. The average molecular weight is 339 g/mol. The maximum atomic E-state index is 5.87. The van der Waals surface area contributed by atoms with Crippen LogP contribution in [0.5, 0.6) is 10.9 Å². The maximum absolute atomic E-state index is 5.87. The Bertz CT molecular complexity index is 503. The number of hydrogen-bond donors (Lipinski definition) is 0. The highest BCUT2D eigenvalue weighted by atomic mass is 79.9. The van der Waals surface area contributed by atoms with Crippen molar-refractivity contribution in [1.82, 2.24) is 4.98 Å². The third-order valence-corrected chi connectivity index (χ3v) is 4.03. The van der Waals surface area contributed by atoms with Gasteiger partial charge in [-0.25, -0.2) is 0 Å². The van der Waals surface area contributed by atoms with E-state index in [-0.39, 0.29) is 0 Å². The van der Waals surface area contributed by atoms with Gasteiger partial charge in [-0.3, -0.25) is 0 Å². The zero-order valence-corrected chi connectivity index (χ0v) is 11.8. The van der Waals surface area contributed by atoms with Crippen LogP contribution in [0.4, 0.5) is 0 Å². The van der Waals surface area contributed by atoms with Crippen LogP contribution in [-0.2, 0) is 5.88 Å². The second-order valence-electron chi connectivity index (χ2n) is 2.89. The lowest BCUT2D eigenvalue weighted by Gasteiger charge is -2.00. The highest BCUT2D eigenvalue weighted by Gasteiger charge is 2.09. The molecule has 16 heavy (non-hydrogen) atoms. The Kier molecular flexibility index (Phi) is 4.08. The first kappa shape index (κ1) is 12.2. The van der Waals surface area contributed by atoms with E-state index in [1.54, 1.807) is 0 Å². The number of aromatic nitrogens is 1. The van der Waals surface area contributed by atoms with E-state index >= 15 is 0 Å². The summed E-state index contributed by atoms with van der Waals surface area (Å²) in [5.74, 6) is 1.05. The minimum Gasteiger partial charge on any atom is -0.431 e. The van der Waals surface area contributed by atoms with Gasteiger partial charge in [0.05, 0.1) is 10.8 Å². The van der Waals surface area contributed by atoms with Crippen LogP contribution in [0.3, 0.4) is 0 Å². The molecule has 1 aromatic carbocycles. The van der Waals surface area contributed by atoms with Gasteiger partial charge in [0.1, 0.15) is 10.9 Å². The van der Waals surface area contributed by atoms with E-state index in [0.29, 0.717) is 22.0 Å². The van der Waals surface area contributed by atoms with Gasteiger partial charge in [0.25, 0.3) is 5.19 Å². The summed E-state index contributed by atoms with van der Waals surface area (Å²) in [6.07, 6.45) is 0. The predicted octanol–water partition coefficient (Wildman–Crippen LogP) is 5.09. The highest BCUT2D eigenvalue weighted by molar-refractivity contribution is 9.10. The average Bonchev–Trinajstić information content (AvgIpc) is 2.58. The summed E-state index contributed by atoms with van der Waals surface area (Å²) in [5.41, 5.74) is 0.